The second-order valence-corrected chi connectivity index (χ2v) is 4.70. The van der Waals surface area contributed by atoms with Gasteiger partial charge in [-0.15, -0.1) is 0 Å². The average Bonchev–Trinajstić information content (AvgIpc) is 2.43. The third-order valence-electron chi connectivity index (χ3n) is 3.73. The topological polar surface area (TPSA) is 20.2 Å². The highest BCUT2D eigenvalue weighted by molar-refractivity contribution is 5.86. The Morgan fingerprint density at radius 2 is 1.44 bits per heavy atom. The Balaban J connectivity index is 2.30. The standard InChI is InChI=1S/C17H16O/c1-12-13-6-2-4-8-15(13)17(10-11-18)16-9-5-3-7-14(12)16/h2-10,12,18H,11H2,1H3. The molecule has 90 valence electrons. The smallest absolute Gasteiger partial charge is 0.0621 e. The third-order valence-corrected chi connectivity index (χ3v) is 3.73. The van der Waals surface area contributed by atoms with Crippen molar-refractivity contribution in [1.82, 2.24) is 0 Å². The van der Waals surface area contributed by atoms with Crippen molar-refractivity contribution < 1.29 is 5.11 Å². The highest BCUT2D eigenvalue weighted by Crippen LogP contribution is 2.42. The first-order valence-corrected chi connectivity index (χ1v) is 6.32. The maximum Gasteiger partial charge on any atom is 0.0621 e. The first-order valence-electron chi connectivity index (χ1n) is 6.32. The summed E-state index contributed by atoms with van der Waals surface area (Å²) in [6.07, 6.45) is 1.91. The van der Waals surface area contributed by atoms with Gasteiger partial charge in [0.1, 0.15) is 0 Å². The minimum atomic E-state index is 0.0758. The molecule has 0 radical (unpaired) electrons. The zero-order valence-corrected chi connectivity index (χ0v) is 10.4. The summed E-state index contributed by atoms with van der Waals surface area (Å²) in [5.74, 6) is 0.410. The van der Waals surface area contributed by atoms with Gasteiger partial charge in [0.05, 0.1) is 6.61 Å². The number of hydrogen-bond donors (Lipinski definition) is 1. The number of aliphatic hydroxyl groups excluding tert-OH is 1. The van der Waals surface area contributed by atoms with Crippen molar-refractivity contribution in [2.45, 2.75) is 12.8 Å². The summed E-state index contributed by atoms with van der Waals surface area (Å²) in [6, 6.07) is 16.9. The fourth-order valence-electron chi connectivity index (χ4n) is 2.86. The fraction of sp³-hybridized carbons (Fsp3) is 0.176. The Kier molecular flexibility index (Phi) is 2.77. The van der Waals surface area contributed by atoms with Gasteiger partial charge in [0.25, 0.3) is 0 Å². The second kappa shape index (κ2) is 4.43. The molecule has 2 aromatic rings. The molecular formula is C17H16O. The molecule has 0 heterocycles. The lowest BCUT2D eigenvalue weighted by Crippen LogP contribution is -2.10. The zero-order chi connectivity index (χ0) is 12.5. The lowest BCUT2D eigenvalue weighted by Gasteiger charge is -2.28. The average molecular weight is 236 g/mol. The van der Waals surface area contributed by atoms with Crippen LogP contribution in [0, 0.1) is 0 Å². The normalized spacial score (nSPS) is 17.0. The lowest BCUT2D eigenvalue weighted by molar-refractivity contribution is 0.343. The van der Waals surface area contributed by atoms with Gasteiger partial charge in [0.2, 0.25) is 0 Å². The van der Waals surface area contributed by atoms with E-state index in [9.17, 15) is 5.11 Å². The van der Waals surface area contributed by atoms with Gasteiger partial charge >= 0.3 is 0 Å². The van der Waals surface area contributed by atoms with Crippen LogP contribution >= 0.6 is 0 Å². The van der Waals surface area contributed by atoms with Crippen LogP contribution in [0.1, 0.15) is 35.1 Å². The predicted molar refractivity (Wildman–Crippen MR) is 74.6 cm³/mol. The zero-order valence-electron chi connectivity index (χ0n) is 10.4. The molecule has 0 unspecified atom stereocenters. The highest BCUT2D eigenvalue weighted by atomic mass is 16.2. The van der Waals surface area contributed by atoms with Crippen LogP contribution in [0.3, 0.4) is 0 Å². The quantitative estimate of drug-likeness (QED) is 0.802. The molecular weight excluding hydrogens is 220 g/mol. The largest absolute Gasteiger partial charge is 0.392 e. The van der Waals surface area contributed by atoms with E-state index in [1.54, 1.807) is 0 Å². The van der Waals surface area contributed by atoms with Crippen LogP contribution in [0.15, 0.2) is 54.6 Å². The van der Waals surface area contributed by atoms with E-state index in [4.69, 9.17) is 0 Å². The van der Waals surface area contributed by atoms with E-state index in [-0.39, 0.29) is 6.61 Å². The predicted octanol–water partition coefficient (Wildman–Crippen LogP) is 3.58. The molecule has 1 aliphatic carbocycles. The molecule has 1 heteroatoms. The molecule has 3 rings (SSSR count). The summed E-state index contributed by atoms with van der Waals surface area (Å²) in [4.78, 5) is 0. The van der Waals surface area contributed by atoms with Crippen molar-refractivity contribution >= 4 is 5.57 Å². The minimum absolute atomic E-state index is 0.0758. The first-order chi connectivity index (χ1) is 8.83. The summed E-state index contributed by atoms with van der Waals surface area (Å²) in [6.45, 7) is 2.32. The Morgan fingerprint density at radius 1 is 0.944 bits per heavy atom. The van der Waals surface area contributed by atoms with E-state index in [1.165, 1.54) is 22.3 Å². The van der Waals surface area contributed by atoms with Crippen LogP contribution in [0.2, 0.25) is 0 Å². The number of hydrogen-bond acceptors (Lipinski definition) is 1. The Bertz CT molecular complexity index is 561. The Hall–Kier alpha value is -1.86. The number of benzene rings is 2. The maximum absolute atomic E-state index is 9.26. The van der Waals surface area contributed by atoms with Gasteiger partial charge in [-0.2, -0.15) is 0 Å². The minimum Gasteiger partial charge on any atom is -0.392 e. The van der Waals surface area contributed by atoms with Crippen molar-refractivity contribution in [1.29, 1.82) is 0 Å². The van der Waals surface area contributed by atoms with Crippen LogP contribution < -0.4 is 0 Å². The fourth-order valence-corrected chi connectivity index (χ4v) is 2.86. The molecule has 1 N–H and O–H groups in total. The molecule has 18 heavy (non-hydrogen) atoms. The molecule has 0 saturated carbocycles. The summed E-state index contributed by atoms with van der Waals surface area (Å²) in [5.41, 5.74) is 6.34. The van der Waals surface area contributed by atoms with Crippen molar-refractivity contribution in [2.24, 2.45) is 0 Å². The van der Waals surface area contributed by atoms with Gasteiger partial charge in [0.15, 0.2) is 0 Å². The van der Waals surface area contributed by atoms with Crippen LogP contribution in [-0.2, 0) is 0 Å². The van der Waals surface area contributed by atoms with Crippen LogP contribution in [0.4, 0.5) is 0 Å². The van der Waals surface area contributed by atoms with E-state index >= 15 is 0 Å². The maximum atomic E-state index is 9.26. The molecule has 0 aliphatic heterocycles. The van der Waals surface area contributed by atoms with Crippen molar-refractivity contribution in [2.75, 3.05) is 6.61 Å². The van der Waals surface area contributed by atoms with E-state index in [2.05, 4.69) is 55.5 Å². The number of aliphatic hydroxyl groups is 1. The summed E-state index contributed by atoms with van der Waals surface area (Å²) in [7, 11) is 0. The highest BCUT2D eigenvalue weighted by Gasteiger charge is 2.24. The van der Waals surface area contributed by atoms with Gasteiger partial charge in [-0.25, -0.2) is 0 Å². The summed E-state index contributed by atoms with van der Waals surface area (Å²) >= 11 is 0. The Labute approximate surface area is 107 Å². The van der Waals surface area contributed by atoms with Crippen molar-refractivity contribution in [3.8, 4) is 0 Å². The van der Waals surface area contributed by atoms with Crippen molar-refractivity contribution in [3.63, 3.8) is 0 Å². The van der Waals surface area contributed by atoms with Crippen LogP contribution in [-0.4, -0.2) is 11.7 Å². The lowest BCUT2D eigenvalue weighted by atomic mass is 9.76. The summed E-state index contributed by atoms with van der Waals surface area (Å²) in [5, 5.41) is 9.26. The molecule has 2 aromatic carbocycles. The number of fused-ring (bicyclic) bond motifs is 2. The van der Waals surface area contributed by atoms with Gasteiger partial charge in [-0.05, 0) is 27.8 Å². The number of rotatable bonds is 1. The molecule has 0 atom stereocenters. The van der Waals surface area contributed by atoms with E-state index in [0.717, 1.165) is 5.57 Å². The summed E-state index contributed by atoms with van der Waals surface area (Å²) < 4.78 is 0. The van der Waals surface area contributed by atoms with E-state index < -0.39 is 0 Å². The van der Waals surface area contributed by atoms with Crippen LogP contribution in [0.5, 0.6) is 0 Å². The monoisotopic (exact) mass is 236 g/mol. The molecule has 0 amide bonds. The third kappa shape index (κ3) is 1.59. The van der Waals surface area contributed by atoms with Crippen molar-refractivity contribution in [3.05, 3.63) is 76.9 Å². The molecule has 0 aromatic heterocycles. The molecule has 0 fully saturated rings. The molecule has 1 aliphatic rings. The molecule has 0 bridgehead atoms. The van der Waals surface area contributed by atoms with Gasteiger partial charge in [-0.1, -0.05) is 61.5 Å². The SMILES string of the molecule is CC1c2ccccc2C(=CCO)c2ccccc21. The molecule has 0 saturated heterocycles. The van der Waals surface area contributed by atoms with Gasteiger partial charge in [0, 0.05) is 5.92 Å². The second-order valence-electron chi connectivity index (χ2n) is 4.70. The van der Waals surface area contributed by atoms with Gasteiger partial charge in [-0.3, -0.25) is 0 Å². The van der Waals surface area contributed by atoms with E-state index in [1.807, 2.05) is 6.08 Å². The van der Waals surface area contributed by atoms with Crippen LogP contribution in [0.25, 0.3) is 5.57 Å². The molecule has 0 spiro atoms. The van der Waals surface area contributed by atoms with Gasteiger partial charge < -0.3 is 5.11 Å². The first kappa shape index (κ1) is 11.2. The van der Waals surface area contributed by atoms with E-state index in [0.29, 0.717) is 5.92 Å². The molecule has 1 nitrogen and oxygen atoms in total. The Morgan fingerprint density at radius 3 is 1.94 bits per heavy atom.